The normalized spacial score (nSPS) is 24.4. The van der Waals surface area contributed by atoms with Crippen molar-refractivity contribution in [3.63, 3.8) is 0 Å². The van der Waals surface area contributed by atoms with E-state index in [1.54, 1.807) is 26.0 Å². The summed E-state index contributed by atoms with van der Waals surface area (Å²) in [6.07, 6.45) is 3.87. The van der Waals surface area contributed by atoms with Crippen LogP contribution in [0.3, 0.4) is 0 Å². The van der Waals surface area contributed by atoms with Gasteiger partial charge in [-0.2, -0.15) is 0 Å². The molecule has 2 rings (SSSR count). The number of carbonyl (C=O) groups excluding carboxylic acids is 1. The van der Waals surface area contributed by atoms with Crippen molar-refractivity contribution in [3.8, 4) is 0 Å². The van der Waals surface area contributed by atoms with Gasteiger partial charge >= 0.3 is 0 Å². The van der Waals surface area contributed by atoms with Gasteiger partial charge in [0.1, 0.15) is 0 Å². The lowest BCUT2D eigenvalue weighted by Gasteiger charge is -2.19. The first-order valence-electron chi connectivity index (χ1n) is 7.01. The fraction of sp³-hybridized carbons (Fsp3) is 0.846. The highest BCUT2D eigenvalue weighted by Crippen LogP contribution is 2.29. The van der Waals surface area contributed by atoms with Crippen molar-refractivity contribution in [1.82, 2.24) is 20.4 Å². The van der Waals surface area contributed by atoms with Gasteiger partial charge in [0, 0.05) is 46.3 Å². The third-order valence-electron chi connectivity index (χ3n) is 3.75. The summed E-state index contributed by atoms with van der Waals surface area (Å²) in [5, 5.41) is 6.47. The van der Waals surface area contributed by atoms with E-state index in [1.165, 1.54) is 19.4 Å². The molecule has 1 aliphatic carbocycles. The van der Waals surface area contributed by atoms with Crippen molar-refractivity contribution < 1.29 is 4.79 Å². The van der Waals surface area contributed by atoms with Crippen LogP contribution in [0.5, 0.6) is 0 Å². The quantitative estimate of drug-likeness (QED) is 0.531. The van der Waals surface area contributed by atoms with Gasteiger partial charge < -0.3 is 15.5 Å². The van der Waals surface area contributed by atoms with E-state index in [9.17, 15) is 4.79 Å². The number of hydrogen-bond donors (Lipinski definition) is 2. The monoisotopic (exact) mass is 267 g/mol. The Bertz CT molecular complexity index is 351. The largest absolute Gasteiger partial charge is 0.352 e. The van der Waals surface area contributed by atoms with Crippen LogP contribution < -0.4 is 10.6 Å². The summed E-state index contributed by atoms with van der Waals surface area (Å²) in [4.78, 5) is 19.8. The van der Waals surface area contributed by atoms with Gasteiger partial charge in [0.15, 0.2) is 5.96 Å². The molecule has 1 heterocycles. The number of carbonyl (C=O) groups is 1. The maximum absolute atomic E-state index is 11.5. The molecule has 1 amide bonds. The Hall–Kier alpha value is -1.30. The predicted octanol–water partition coefficient (Wildman–Crippen LogP) is -0.524. The molecule has 0 spiro atoms. The van der Waals surface area contributed by atoms with Crippen LogP contribution in [0.4, 0.5) is 0 Å². The first kappa shape index (κ1) is 14.1. The molecule has 1 atom stereocenters. The molecule has 2 N–H and O–H groups in total. The van der Waals surface area contributed by atoms with Crippen molar-refractivity contribution in [3.05, 3.63) is 0 Å². The number of nitrogens with one attached hydrogen (secondary N) is 2. The molecule has 0 aromatic rings. The second kappa shape index (κ2) is 6.23. The Morgan fingerprint density at radius 2 is 2.11 bits per heavy atom. The van der Waals surface area contributed by atoms with Gasteiger partial charge in [-0.25, -0.2) is 0 Å². The number of likely N-dealkylation sites (N-methyl/N-ethyl adjacent to an activating group) is 1. The molecule has 19 heavy (non-hydrogen) atoms. The van der Waals surface area contributed by atoms with Gasteiger partial charge in [0.25, 0.3) is 0 Å². The lowest BCUT2D eigenvalue weighted by Crippen LogP contribution is -2.47. The lowest BCUT2D eigenvalue weighted by molar-refractivity contribution is -0.127. The van der Waals surface area contributed by atoms with E-state index in [1.807, 2.05) is 0 Å². The molecule has 0 bridgehead atoms. The highest BCUT2D eigenvalue weighted by atomic mass is 16.2. The Morgan fingerprint density at radius 3 is 2.68 bits per heavy atom. The molecule has 1 saturated heterocycles. The third kappa shape index (κ3) is 4.09. The fourth-order valence-corrected chi connectivity index (χ4v) is 2.38. The summed E-state index contributed by atoms with van der Waals surface area (Å²) in [7, 11) is 5.25. The molecule has 1 aliphatic heterocycles. The molecule has 0 radical (unpaired) electrons. The van der Waals surface area contributed by atoms with E-state index in [-0.39, 0.29) is 12.5 Å². The van der Waals surface area contributed by atoms with Crippen LogP contribution in [0, 0.1) is 0 Å². The van der Waals surface area contributed by atoms with Gasteiger partial charge in [0.05, 0.1) is 6.54 Å². The second-order valence-electron chi connectivity index (χ2n) is 5.57. The van der Waals surface area contributed by atoms with Crippen LogP contribution >= 0.6 is 0 Å². The summed E-state index contributed by atoms with van der Waals surface area (Å²) in [5.74, 6) is 0.770. The number of rotatable bonds is 4. The van der Waals surface area contributed by atoms with Crippen LogP contribution in [-0.4, -0.2) is 74.5 Å². The summed E-state index contributed by atoms with van der Waals surface area (Å²) in [6, 6.07) is 1.28. The van der Waals surface area contributed by atoms with Crippen molar-refractivity contribution in [2.75, 3.05) is 40.8 Å². The van der Waals surface area contributed by atoms with Gasteiger partial charge in [-0.3, -0.25) is 14.7 Å². The van der Waals surface area contributed by atoms with Gasteiger partial charge in [-0.1, -0.05) is 0 Å². The standard InChI is InChI=1S/C13H25N5O/c1-14-13(15-8-12(19)17(2)3)16-10-6-7-18(9-10)11-4-5-11/h10-11H,4-9H2,1-3H3,(H2,14,15,16). The van der Waals surface area contributed by atoms with E-state index in [0.29, 0.717) is 6.04 Å². The SMILES string of the molecule is CN=C(NCC(=O)N(C)C)NC1CCN(C2CC2)C1. The first-order valence-corrected chi connectivity index (χ1v) is 7.01. The highest BCUT2D eigenvalue weighted by Gasteiger charge is 2.34. The maximum Gasteiger partial charge on any atom is 0.241 e. The van der Waals surface area contributed by atoms with Crippen molar-refractivity contribution in [1.29, 1.82) is 0 Å². The van der Waals surface area contributed by atoms with Gasteiger partial charge in [-0.05, 0) is 19.3 Å². The number of amides is 1. The van der Waals surface area contributed by atoms with E-state index in [2.05, 4.69) is 20.5 Å². The molecule has 6 nitrogen and oxygen atoms in total. The number of hydrogen-bond acceptors (Lipinski definition) is 3. The van der Waals surface area contributed by atoms with E-state index < -0.39 is 0 Å². The average molecular weight is 267 g/mol. The van der Waals surface area contributed by atoms with E-state index >= 15 is 0 Å². The molecule has 0 aromatic carbocycles. The topological polar surface area (TPSA) is 60.0 Å². The number of aliphatic imine (C=N–C) groups is 1. The van der Waals surface area contributed by atoms with E-state index in [4.69, 9.17) is 0 Å². The highest BCUT2D eigenvalue weighted by molar-refractivity contribution is 5.86. The summed E-state index contributed by atoms with van der Waals surface area (Å²) in [5.41, 5.74) is 0. The molecule has 1 unspecified atom stereocenters. The molecule has 108 valence electrons. The van der Waals surface area contributed by atoms with Crippen LogP contribution in [0.25, 0.3) is 0 Å². The zero-order chi connectivity index (χ0) is 13.8. The Labute approximate surface area is 115 Å². The molecule has 6 heteroatoms. The van der Waals surface area contributed by atoms with Crippen molar-refractivity contribution in [2.45, 2.75) is 31.3 Å². The fourth-order valence-electron chi connectivity index (χ4n) is 2.38. The Morgan fingerprint density at radius 1 is 1.37 bits per heavy atom. The minimum atomic E-state index is 0.0500. The predicted molar refractivity (Wildman–Crippen MR) is 76.2 cm³/mol. The Balaban J connectivity index is 1.72. The third-order valence-corrected chi connectivity index (χ3v) is 3.75. The van der Waals surface area contributed by atoms with Gasteiger partial charge in [-0.15, -0.1) is 0 Å². The molecule has 2 fully saturated rings. The van der Waals surface area contributed by atoms with Crippen LogP contribution in [0.1, 0.15) is 19.3 Å². The van der Waals surface area contributed by atoms with Crippen LogP contribution in [0.2, 0.25) is 0 Å². The molecule has 2 aliphatic rings. The van der Waals surface area contributed by atoms with Gasteiger partial charge in [0.2, 0.25) is 5.91 Å². The summed E-state index contributed by atoms with van der Waals surface area (Å²) in [6.45, 7) is 2.55. The number of likely N-dealkylation sites (tertiary alicyclic amines) is 1. The zero-order valence-corrected chi connectivity index (χ0v) is 12.1. The van der Waals surface area contributed by atoms with Crippen LogP contribution in [-0.2, 0) is 4.79 Å². The van der Waals surface area contributed by atoms with Crippen molar-refractivity contribution >= 4 is 11.9 Å². The maximum atomic E-state index is 11.5. The summed E-state index contributed by atoms with van der Waals surface area (Å²) < 4.78 is 0. The van der Waals surface area contributed by atoms with Crippen LogP contribution in [0.15, 0.2) is 4.99 Å². The van der Waals surface area contributed by atoms with Crippen molar-refractivity contribution in [2.24, 2.45) is 4.99 Å². The molecule has 1 saturated carbocycles. The smallest absolute Gasteiger partial charge is 0.241 e. The second-order valence-corrected chi connectivity index (χ2v) is 5.57. The minimum Gasteiger partial charge on any atom is -0.352 e. The molecule has 0 aromatic heterocycles. The summed E-state index contributed by atoms with van der Waals surface area (Å²) >= 11 is 0. The minimum absolute atomic E-state index is 0.0500. The number of guanidine groups is 1. The Kier molecular flexibility index (Phi) is 4.63. The molecular weight excluding hydrogens is 242 g/mol. The zero-order valence-electron chi connectivity index (χ0n) is 12.1. The molecular formula is C13H25N5O. The average Bonchev–Trinajstić information content (AvgIpc) is 3.14. The first-order chi connectivity index (χ1) is 9.10. The van der Waals surface area contributed by atoms with E-state index in [0.717, 1.165) is 25.0 Å². The number of nitrogens with zero attached hydrogens (tertiary/aromatic N) is 3. The lowest BCUT2D eigenvalue weighted by atomic mass is 10.3.